The lowest BCUT2D eigenvalue weighted by atomic mass is 9.85. The smallest absolute Gasteiger partial charge is 0.306 e. The van der Waals surface area contributed by atoms with Gasteiger partial charge in [0, 0.05) is 18.2 Å². The molecule has 3 N–H and O–H groups in total. The number of aliphatic carboxylic acids is 1. The van der Waals surface area contributed by atoms with Gasteiger partial charge >= 0.3 is 5.97 Å². The molecular formula is C22H30N4O5. The number of aromatic nitrogens is 2. The fourth-order valence-corrected chi connectivity index (χ4v) is 4.08. The third kappa shape index (κ3) is 4.45. The van der Waals surface area contributed by atoms with E-state index in [1.54, 1.807) is 27.5 Å². The molecule has 0 bridgehead atoms. The van der Waals surface area contributed by atoms with Gasteiger partial charge in [-0.05, 0) is 30.9 Å². The van der Waals surface area contributed by atoms with E-state index in [-0.39, 0.29) is 17.9 Å². The number of hydrogen-bond acceptors (Lipinski definition) is 8. The van der Waals surface area contributed by atoms with Gasteiger partial charge in [0.2, 0.25) is 5.75 Å². The summed E-state index contributed by atoms with van der Waals surface area (Å²) in [5.74, 6) is 1.51. The molecule has 2 aromatic rings. The third-order valence-electron chi connectivity index (χ3n) is 5.78. The van der Waals surface area contributed by atoms with Crippen LogP contribution in [0.25, 0.3) is 11.3 Å². The lowest BCUT2D eigenvalue weighted by Gasteiger charge is -2.41. The van der Waals surface area contributed by atoms with Crippen LogP contribution in [0.15, 0.2) is 18.3 Å². The van der Waals surface area contributed by atoms with Gasteiger partial charge in [-0.15, -0.1) is 0 Å². The quantitative estimate of drug-likeness (QED) is 0.682. The summed E-state index contributed by atoms with van der Waals surface area (Å²) < 4.78 is 16.3. The molecule has 9 heteroatoms. The molecule has 31 heavy (non-hydrogen) atoms. The Hall–Kier alpha value is -3.23. The standard InChI is InChI=1S/C22H30N4O5/c1-12(2)16-8-13(22(27)28)6-7-26(16)21-20(23)24-11-15(25-21)14-9-17(29-3)19(31-5)18(10-14)30-4/h9-13,16H,6-8H2,1-5H3,(H2,23,24)(H,27,28)/t13-,16+/m1/s1. The van der Waals surface area contributed by atoms with E-state index >= 15 is 0 Å². The largest absolute Gasteiger partial charge is 0.493 e. The Morgan fingerprint density at radius 2 is 1.84 bits per heavy atom. The second kappa shape index (κ2) is 9.28. The number of hydrogen-bond donors (Lipinski definition) is 2. The van der Waals surface area contributed by atoms with Crippen LogP contribution < -0.4 is 24.8 Å². The second-order valence-corrected chi connectivity index (χ2v) is 7.94. The van der Waals surface area contributed by atoms with Crippen LogP contribution in [0, 0.1) is 11.8 Å². The van der Waals surface area contributed by atoms with Gasteiger partial charge in [0.05, 0.1) is 39.1 Å². The fraction of sp³-hybridized carbons (Fsp3) is 0.500. The molecule has 0 amide bonds. The van der Waals surface area contributed by atoms with Gasteiger partial charge in [-0.3, -0.25) is 4.79 Å². The minimum atomic E-state index is -0.754. The highest BCUT2D eigenvalue weighted by atomic mass is 16.5. The number of benzene rings is 1. The van der Waals surface area contributed by atoms with Crippen molar-refractivity contribution >= 4 is 17.6 Å². The molecule has 1 saturated heterocycles. The Morgan fingerprint density at radius 3 is 2.35 bits per heavy atom. The fourth-order valence-electron chi connectivity index (χ4n) is 4.08. The second-order valence-electron chi connectivity index (χ2n) is 7.94. The lowest BCUT2D eigenvalue weighted by molar-refractivity contribution is -0.142. The molecule has 2 heterocycles. The van der Waals surface area contributed by atoms with Crippen LogP contribution in [-0.4, -0.2) is 55.0 Å². The van der Waals surface area contributed by atoms with Crippen molar-refractivity contribution in [2.45, 2.75) is 32.7 Å². The van der Waals surface area contributed by atoms with Crippen LogP contribution in [-0.2, 0) is 4.79 Å². The molecule has 1 aromatic heterocycles. The maximum Gasteiger partial charge on any atom is 0.306 e. The molecule has 3 rings (SSSR count). The van der Waals surface area contributed by atoms with E-state index in [1.807, 2.05) is 12.1 Å². The summed E-state index contributed by atoms with van der Waals surface area (Å²) in [7, 11) is 4.66. The molecule has 0 aliphatic carbocycles. The molecule has 168 valence electrons. The van der Waals surface area contributed by atoms with E-state index in [0.717, 1.165) is 5.56 Å². The first-order chi connectivity index (χ1) is 14.8. The highest BCUT2D eigenvalue weighted by molar-refractivity contribution is 5.73. The minimum Gasteiger partial charge on any atom is -0.493 e. The van der Waals surface area contributed by atoms with E-state index in [4.69, 9.17) is 24.9 Å². The average molecular weight is 431 g/mol. The molecular weight excluding hydrogens is 400 g/mol. The summed E-state index contributed by atoms with van der Waals surface area (Å²) in [6.07, 6.45) is 2.69. The molecule has 2 atom stereocenters. The molecule has 1 aliphatic heterocycles. The molecule has 0 spiro atoms. The number of nitrogen functional groups attached to an aromatic ring is 1. The van der Waals surface area contributed by atoms with E-state index < -0.39 is 5.97 Å². The van der Waals surface area contributed by atoms with E-state index in [0.29, 0.717) is 54.0 Å². The van der Waals surface area contributed by atoms with Crippen molar-refractivity contribution in [1.29, 1.82) is 0 Å². The summed E-state index contributed by atoms with van der Waals surface area (Å²) in [5, 5.41) is 9.48. The number of carboxylic acid groups (broad SMARTS) is 1. The summed E-state index contributed by atoms with van der Waals surface area (Å²) in [5.41, 5.74) is 7.56. The van der Waals surface area contributed by atoms with Crippen LogP contribution in [0.5, 0.6) is 17.2 Å². The van der Waals surface area contributed by atoms with Crippen molar-refractivity contribution in [3.8, 4) is 28.5 Å². The monoisotopic (exact) mass is 430 g/mol. The summed E-state index contributed by atoms with van der Waals surface area (Å²) >= 11 is 0. The lowest BCUT2D eigenvalue weighted by Crippen LogP contribution is -2.47. The minimum absolute atomic E-state index is 0.00152. The van der Waals surface area contributed by atoms with Gasteiger partial charge in [-0.2, -0.15) is 0 Å². The normalized spacial score (nSPS) is 18.7. The van der Waals surface area contributed by atoms with Gasteiger partial charge in [0.25, 0.3) is 0 Å². The van der Waals surface area contributed by atoms with Gasteiger partial charge in [-0.25, -0.2) is 9.97 Å². The Balaban J connectivity index is 2.04. The third-order valence-corrected chi connectivity index (χ3v) is 5.78. The number of nitrogens with zero attached hydrogens (tertiary/aromatic N) is 3. The van der Waals surface area contributed by atoms with Gasteiger partial charge in [0.1, 0.15) is 0 Å². The predicted molar refractivity (Wildman–Crippen MR) is 118 cm³/mol. The van der Waals surface area contributed by atoms with E-state index in [9.17, 15) is 9.90 Å². The number of nitrogens with two attached hydrogens (primary N) is 1. The molecule has 1 aromatic carbocycles. The first-order valence-corrected chi connectivity index (χ1v) is 10.2. The Morgan fingerprint density at radius 1 is 1.19 bits per heavy atom. The van der Waals surface area contributed by atoms with Crippen molar-refractivity contribution in [2.75, 3.05) is 38.5 Å². The molecule has 9 nitrogen and oxygen atoms in total. The zero-order valence-corrected chi connectivity index (χ0v) is 18.6. The first kappa shape index (κ1) is 22.5. The zero-order valence-electron chi connectivity index (χ0n) is 18.6. The van der Waals surface area contributed by atoms with Crippen molar-refractivity contribution in [3.63, 3.8) is 0 Å². The van der Waals surface area contributed by atoms with Crippen molar-refractivity contribution in [1.82, 2.24) is 9.97 Å². The Bertz CT molecular complexity index is 924. The van der Waals surface area contributed by atoms with Gasteiger partial charge in [-0.1, -0.05) is 13.8 Å². The zero-order chi connectivity index (χ0) is 22.7. The molecule has 0 radical (unpaired) electrons. The molecule has 0 unspecified atom stereocenters. The van der Waals surface area contributed by atoms with Crippen LogP contribution >= 0.6 is 0 Å². The maximum atomic E-state index is 11.5. The van der Waals surface area contributed by atoms with Gasteiger partial charge in [0.15, 0.2) is 23.1 Å². The number of carboxylic acids is 1. The van der Waals surface area contributed by atoms with Crippen molar-refractivity contribution < 1.29 is 24.1 Å². The van der Waals surface area contributed by atoms with Crippen molar-refractivity contribution in [2.24, 2.45) is 11.8 Å². The van der Waals surface area contributed by atoms with Crippen LogP contribution in [0.2, 0.25) is 0 Å². The Kier molecular flexibility index (Phi) is 6.72. The molecule has 1 fully saturated rings. The molecule has 0 saturated carbocycles. The predicted octanol–water partition coefficient (Wildman–Crippen LogP) is 3.08. The van der Waals surface area contributed by atoms with Gasteiger partial charge < -0.3 is 30.0 Å². The summed E-state index contributed by atoms with van der Waals surface area (Å²) in [4.78, 5) is 22.8. The highest BCUT2D eigenvalue weighted by Gasteiger charge is 2.35. The molecule has 1 aliphatic rings. The Labute approximate surface area is 182 Å². The number of anilines is 2. The van der Waals surface area contributed by atoms with Crippen LogP contribution in [0.1, 0.15) is 26.7 Å². The topological polar surface area (TPSA) is 120 Å². The average Bonchev–Trinajstić information content (AvgIpc) is 2.77. The SMILES string of the molecule is COc1cc(-c2cnc(N)c(N3CC[C@@H](C(=O)O)C[C@H]3C(C)C)n2)cc(OC)c1OC. The highest BCUT2D eigenvalue weighted by Crippen LogP contribution is 2.41. The number of rotatable bonds is 7. The number of piperidine rings is 1. The van der Waals surface area contributed by atoms with Crippen molar-refractivity contribution in [3.05, 3.63) is 18.3 Å². The number of carbonyl (C=O) groups is 1. The maximum absolute atomic E-state index is 11.5. The van der Waals surface area contributed by atoms with Crippen LogP contribution in [0.3, 0.4) is 0 Å². The van der Waals surface area contributed by atoms with E-state index in [1.165, 1.54) is 0 Å². The number of ether oxygens (including phenoxy) is 3. The summed E-state index contributed by atoms with van der Waals surface area (Å²) in [6.45, 7) is 4.71. The first-order valence-electron chi connectivity index (χ1n) is 10.2. The summed E-state index contributed by atoms with van der Waals surface area (Å²) in [6, 6.07) is 3.62. The number of methoxy groups -OCH3 is 3. The van der Waals surface area contributed by atoms with Crippen LogP contribution in [0.4, 0.5) is 11.6 Å². The van der Waals surface area contributed by atoms with E-state index in [2.05, 4.69) is 23.7 Å².